The quantitative estimate of drug-likeness (QED) is 0.704. The smallest absolute Gasteiger partial charge is 0.242 e. The fourth-order valence-electron chi connectivity index (χ4n) is 2.92. The molecule has 4 rings (SSSR count). The molecule has 0 N–H and O–H groups in total. The highest BCUT2D eigenvalue weighted by atomic mass is 16.5. The van der Waals surface area contributed by atoms with Gasteiger partial charge in [0.2, 0.25) is 11.7 Å². The van der Waals surface area contributed by atoms with Crippen molar-refractivity contribution < 1.29 is 9.53 Å². The van der Waals surface area contributed by atoms with Gasteiger partial charge in [-0.05, 0) is 19.1 Å². The molecule has 1 aromatic carbocycles. The molecular formula is C15H17N5O2. The topological polar surface area (TPSA) is 64.7 Å². The predicted molar refractivity (Wildman–Crippen MR) is 80.6 cm³/mol. The lowest BCUT2D eigenvalue weighted by Crippen LogP contribution is -2.42. The third kappa shape index (κ3) is 2.05. The van der Waals surface area contributed by atoms with Crippen LogP contribution in [0.1, 0.15) is 5.82 Å². The number of aromatic nitrogens is 4. The molecule has 1 amide bonds. The van der Waals surface area contributed by atoms with Gasteiger partial charge < -0.3 is 9.64 Å². The van der Waals surface area contributed by atoms with Gasteiger partial charge in [0.1, 0.15) is 12.4 Å². The first-order valence-corrected chi connectivity index (χ1v) is 7.40. The summed E-state index contributed by atoms with van der Waals surface area (Å²) in [7, 11) is 0. The minimum Gasteiger partial charge on any atom is -0.378 e. The Morgan fingerprint density at radius 1 is 1.23 bits per heavy atom. The molecule has 1 aliphatic heterocycles. The number of morpholine rings is 1. The first-order valence-electron chi connectivity index (χ1n) is 7.40. The number of rotatable bonds is 2. The Labute approximate surface area is 127 Å². The predicted octanol–water partition coefficient (Wildman–Crippen LogP) is 0.851. The first kappa shape index (κ1) is 13.3. The molecule has 0 aliphatic carbocycles. The molecule has 2 aromatic heterocycles. The molecule has 0 spiro atoms. The largest absolute Gasteiger partial charge is 0.378 e. The zero-order valence-electron chi connectivity index (χ0n) is 12.4. The monoisotopic (exact) mass is 299 g/mol. The van der Waals surface area contributed by atoms with Crippen molar-refractivity contribution in [3.63, 3.8) is 0 Å². The zero-order chi connectivity index (χ0) is 15.1. The second kappa shape index (κ2) is 5.10. The summed E-state index contributed by atoms with van der Waals surface area (Å²) in [5.41, 5.74) is 1.94. The van der Waals surface area contributed by atoms with Gasteiger partial charge in [0, 0.05) is 13.1 Å². The van der Waals surface area contributed by atoms with Crippen molar-refractivity contribution in [2.24, 2.45) is 0 Å². The van der Waals surface area contributed by atoms with Gasteiger partial charge in [-0.2, -0.15) is 9.50 Å². The molecule has 1 saturated heterocycles. The number of para-hydroxylation sites is 2. The van der Waals surface area contributed by atoms with Gasteiger partial charge in [-0.15, -0.1) is 5.10 Å². The summed E-state index contributed by atoms with van der Waals surface area (Å²) < 4.78 is 9.04. The van der Waals surface area contributed by atoms with Crippen LogP contribution in [0, 0.1) is 6.92 Å². The van der Waals surface area contributed by atoms with Crippen LogP contribution in [-0.4, -0.2) is 56.3 Å². The van der Waals surface area contributed by atoms with Crippen LogP contribution >= 0.6 is 0 Å². The second-order valence-corrected chi connectivity index (χ2v) is 5.44. The van der Waals surface area contributed by atoms with Gasteiger partial charge in [-0.3, -0.25) is 9.36 Å². The number of ether oxygens (including phenoxy) is 1. The lowest BCUT2D eigenvalue weighted by atomic mass is 10.3. The molecule has 1 aliphatic rings. The second-order valence-electron chi connectivity index (χ2n) is 5.44. The van der Waals surface area contributed by atoms with E-state index in [1.165, 1.54) is 0 Å². The molecule has 7 nitrogen and oxygen atoms in total. The maximum Gasteiger partial charge on any atom is 0.242 e. The van der Waals surface area contributed by atoms with E-state index in [4.69, 9.17) is 4.74 Å². The zero-order valence-corrected chi connectivity index (χ0v) is 12.4. The fraction of sp³-hybridized carbons (Fsp3) is 0.400. The van der Waals surface area contributed by atoms with Crippen molar-refractivity contribution in [1.29, 1.82) is 0 Å². The molecule has 0 saturated carbocycles. The molecule has 7 heteroatoms. The van der Waals surface area contributed by atoms with Crippen LogP contribution in [0.4, 0.5) is 0 Å². The van der Waals surface area contributed by atoms with Crippen LogP contribution in [0.3, 0.4) is 0 Å². The molecule has 22 heavy (non-hydrogen) atoms. The third-order valence-electron chi connectivity index (χ3n) is 4.00. The van der Waals surface area contributed by atoms with E-state index in [-0.39, 0.29) is 12.5 Å². The molecule has 1 fully saturated rings. The molecule has 0 bridgehead atoms. The molecule has 3 heterocycles. The summed E-state index contributed by atoms with van der Waals surface area (Å²) in [6.07, 6.45) is 0. The van der Waals surface area contributed by atoms with Gasteiger partial charge in [-0.1, -0.05) is 12.1 Å². The van der Waals surface area contributed by atoms with Crippen molar-refractivity contribution >= 4 is 22.7 Å². The summed E-state index contributed by atoms with van der Waals surface area (Å²) in [6.45, 7) is 4.65. The van der Waals surface area contributed by atoms with Crippen LogP contribution in [0.25, 0.3) is 16.8 Å². The molecule has 0 atom stereocenters. The van der Waals surface area contributed by atoms with Crippen molar-refractivity contribution in [3.05, 3.63) is 30.1 Å². The van der Waals surface area contributed by atoms with E-state index in [1.807, 2.05) is 40.7 Å². The summed E-state index contributed by atoms with van der Waals surface area (Å²) in [5.74, 6) is 1.50. The lowest BCUT2D eigenvalue weighted by Gasteiger charge is -2.27. The Kier molecular flexibility index (Phi) is 3.07. The van der Waals surface area contributed by atoms with E-state index in [0.29, 0.717) is 37.9 Å². The van der Waals surface area contributed by atoms with Gasteiger partial charge in [0.05, 0.1) is 24.2 Å². The molecular weight excluding hydrogens is 282 g/mol. The molecule has 0 unspecified atom stereocenters. The maximum atomic E-state index is 12.6. The highest BCUT2D eigenvalue weighted by Gasteiger charge is 2.21. The van der Waals surface area contributed by atoms with Gasteiger partial charge in [0.25, 0.3) is 0 Å². The normalized spacial score (nSPS) is 15.8. The van der Waals surface area contributed by atoms with E-state index < -0.39 is 0 Å². The van der Waals surface area contributed by atoms with Gasteiger partial charge in [-0.25, -0.2) is 0 Å². The van der Waals surface area contributed by atoms with Crippen LogP contribution in [0.15, 0.2) is 24.3 Å². The number of amides is 1. The van der Waals surface area contributed by atoms with Gasteiger partial charge in [0.15, 0.2) is 0 Å². The fourth-order valence-corrected chi connectivity index (χ4v) is 2.92. The van der Waals surface area contributed by atoms with E-state index in [1.54, 1.807) is 4.52 Å². The van der Waals surface area contributed by atoms with E-state index in [2.05, 4.69) is 10.1 Å². The Bertz CT molecular complexity index is 844. The Hall–Kier alpha value is -2.41. The molecule has 3 aromatic rings. The lowest BCUT2D eigenvalue weighted by molar-refractivity contribution is -0.135. The average Bonchev–Trinajstić information content (AvgIpc) is 3.06. The third-order valence-corrected chi connectivity index (χ3v) is 4.00. The van der Waals surface area contributed by atoms with Crippen LogP contribution < -0.4 is 0 Å². The number of nitrogens with zero attached hydrogens (tertiary/aromatic N) is 5. The number of hydrogen-bond acceptors (Lipinski definition) is 4. The van der Waals surface area contributed by atoms with E-state index in [0.717, 1.165) is 11.0 Å². The van der Waals surface area contributed by atoms with Gasteiger partial charge >= 0.3 is 0 Å². The Morgan fingerprint density at radius 2 is 1.95 bits per heavy atom. The summed E-state index contributed by atoms with van der Waals surface area (Å²) >= 11 is 0. The summed E-state index contributed by atoms with van der Waals surface area (Å²) in [6, 6.07) is 7.91. The minimum absolute atomic E-state index is 0.0900. The van der Waals surface area contributed by atoms with Crippen LogP contribution in [-0.2, 0) is 16.1 Å². The van der Waals surface area contributed by atoms with Crippen molar-refractivity contribution in [2.75, 3.05) is 26.3 Å². The number of hydrogen-bond donors (Lipinski definition) is 0. The molecule has 0 radical (unpaired) electrons. The number of fused-ring (bicyclic) bond motifs is 3. The average molecular weight is 299 g/mol. The minimum atomic E-state index is 0.0900. The number of carbonyl (C=O) groups is 1. The Balaban J connectivity index is 1.77. The maximum absolute atomic E-state index is 12.6. The van der Waals surface area contributed by atoms with Crippen LogP contribution in [0.2, 0.25) is 0 Å². The highest BCUT2D eigenvalue weighted by Crippen LogP contribution is 2.19. The Morgan fingerprint density at radius 3 is 2.73 bits per heavy atom. The van der Waals surface area contributed by atoms with Crippen LogP contribution in [0.5, 0.6) is 0 Å². The van der Waals surface area contributed by atoms with E-state index >= 15 is 0 Å². The SMILES string of the molecule is Cc1nc2n(CC(=O)N3CCOCC3)c3ccccc3n2n1. The standard InChI is InChI=1S/C15H17N5O2/c1-11-16-15-19(10-14(21)18-6-8-22-9-7-18)12-4-2-3-5-13(12)20(15)17-11/h2-5H,6-10H2,1H3. The number of carbonyl (C=O) groups excluding carboxylic acids is 1. The number of aryl methyl sites for hydroxylation is 1. The van der Waals surface area contributed by atoms with Crippen molar-refractivity contribution in [1.82, 2.24) is 24.1 Å². The number of imidazole rings is 1. The summed E-state index contributed by atoms with van der Waals surface area (Å²) in [5, 5.41) is 4.42. The van der Waals surface area contributed by atoms with Crippen molar-refractivity contribution in [2.45, 2.75) is 13.5 Å². The summed E-state index contributed by atoms with van der Waals surface area (Å²) in [4.78, 5) is 18.9. The number of benzene rings is 1. The van der Waals surface area contributed by atoms with Crippen molar-refractivity contribution in [3.8, 4) is 0 Å². The first-order chi connectivity index (χ1) is 10.7. The van der Waals surface area contributed by atoms with E-state index in [9.17, 15) is 4.79 Å². The highest BCUT2D eigenvalue weighted by molar-refractivity contribution is 5.84. The molecule has 114 valence electrons.